The monoisotopic (exact) mass is 242 g/mol. The number of carbonyl (C=O) groups is 1. The number of hydrogen-bond donors (Lipinski definition) is 0. The number of nitrogens with zero attached hydrogens (tertiary/aromatic N) is 2. The van der Waals surface area contributed by atoms with Gasteiger partial charge in [-0.1, -0.05) is 30.3 Å². The fraction of sp³-hybridized carbons (Fsp3) is 0.154. The summed E-state index contributed by atoms with van der Waals surface area (Å²) in [4.78, 5) is 16.1. The van der Waals surface area contributed by atoms with Crippen LogP contribution in [0, 0.1) is 11.3 Å². The fourth-order valence-corrected chi connectivity index (χ4v) is 2.20. The highest BCUT2D eigenvalue weighted by Crippen LogP contribution is 2.12. The van der Waals surface area contributed by atoms with Gasteiger partial charge in [0, 0.05) is 10.9 Å². The second-order valence-corrected chi connectivity index (χ2v) is 4.48. The van der Waals surface area contributed by atoms with Gasteiger partial charge >= 0.3 is 0 Å². The van der Waals surface area contributed by atoms with Crippen LogP contribution in [0.25, 0.3) is 0 Å². The molecule has 0 unspecified atom stereocenters. The molecule has 0 aliphatic rings. The van der Waals surface area contributed by atoms with E-state index in [2.05, 4.69) is 4.98 Å². The van der Waals surface area contributed by atoms with Crippen molar-refractivity contribution in [2.24, 2.45) is 0 Å². The lowest BCUT2D eigenvalue weighted by atomic mass is 10.1. The second-order valence-electron chi connectivity index (χ2n) is 3.53. The lowest BCUT2D eigenvalue weighted by molar-refractivity contribution is 0.0992. The van der Waals surface area contributed by atoms with Gasteiger partial charge in [0.2, 0.25) is 0 Å². The first-order chi connectivity index (χ1) is 8.29. The average molecular weight is 242 g/mol. The Bertz CT molecular complexity index is 554. The number of nitriles is 1. The molecule has 1 aromatic carbocycles. The number of Topliss-reactive ketones (excluding diaryl/α,β-unsaturated/α-hetero) is 1. The molecule has 1 heterocycles. The van der Waals surface area contributed by atoms with Crippen LogP contribution in [0.1, 0.15) is 21.1 Å². The summed E-state index contributed by atoms with van der Waals surface area (Å²) in [5.74, 6) is 0.0550. The maximum absolute atomic E-state index is 11.9. The van der Waals surface area contributed by atoms with E-state index in [1.165, 1.54) is 11.3 Å². The van der Waals surface area contributed by atoms with Gasteiger partial charge in [0.1, 0.15) is 5.01 Å². The van der Waals surface area contributed by atoms with Crippen LogP contribution in [0.15, 0.2) is 35.7 Å². The number of rotatable bonds is 4. The van der Waals surface area contributed by atoms with Crippen LogP contribution in [-0.2, 0) is 12.8 Å². The maximum atomic E-state index is 11.9. The Labute approximate surface area is 103 Å². The Morgan fingerprint density at radius 1 is 1.35 bits per heavy atom. The molecule has 0 amide bonds. The Kier molecular flexibility index (Phi) is 3.63. The zero-order valence-electron chi connectivity index (χ0n) is 9.09. The van der Waals surface area contributed by atoms with Crippen LogP contribution < -0.4 is 0 Å². The Hall–Kier alpha value is -1.99. The second kappa shape index (κ2) is 5.37. The normalized spacial score (nSPS) is 9.82. The SMILES string of the molecule is N#CCc1nc(CC(=O)c2ccccc2)cs1. The van der Waals surface area contributed by atoms with Crippen molar-refractivity contribution in [1.29, 1.82) is 5.26 Å². The average Bonchev–Trinajstić information content (AvgIpc) is 2.78. The molecule has 4 heteroatoms. The Morgan fingerprint density at radius 2 is 2.12 bits per heavy atom. The molecule has 0 radical (unpaired) electrons. The minimum Gasteiger partial charge on any atom is -0.294 e. The van der Waals surface area contributed by atoms with Crippen LogP contribution in [0.4, 0.5) is 0 Å². The minimum absolute atomic E-state index is 0.0550. The van der Waals surface area contributed by atoms with Gasteiger partial charge < -0.3 is 0 Å². The van der Waals surface area contributed by atoms with Crippen molar-refractivity contribution in [1.82, 2.24) is 4.98 Å². The summed E-state index contributed by atoms with van der Waals surface area (Å²) in [6.07, 6.45) is 0.607. The number of carbonyl (C=O) groups excluding carboxylic acids is 1. The van der Waals surface area contributed by atoms with Crippen molar-refractivity contribution in [3.05, 3.63) is 52.0 Å². The highest BCUT2D eigenvalue weighted by atomic mass is 32.1. The van der Waals surface area contributed by atoms with Crippen molar-refractivity contribution in [3.8, 4) is 6.07 Å². The van der Waals surface area contributed by atoms with E-state index in [9.17, 15) is 4.79 Å². The van der Waals surface area contributed by atoms with Crippen molar-refractivity contribution in [2.45, 2.75) is 12.8 Å². The van der Waals surface area contributed by atoms with E-state index in [4.69, 9.17) is 5.26 Å². The molecule has 17 heavy (non-hydrogen) atoms. The molecule has 0 atom stereocenters. The summed E-state index contributed by atoms with van der Waals surface area (Å²) in [6, 6.07) is 11.2. The molecule has 84 valence electrons. The summed E-state index contributed by atoms with van der Waals surface area (Å²) in [7, 11) is 0. The van der Waals surface area contributed by atoms with E-state index >= 15 is 0 Å². The van der Waals surface area contributed by atoms with Crippen molar-refractivity contribution >= 4 is 17.1 Å². The highest BCUT2D eigenvalue weighted by molar-refractivity contribution is 7.09. The van der Waals surface area contributed by atoms with Gasteiger partial charge in [-0.05, 0) is 0 Å². The van der Waals surface area contributed by atoms with E-state index in [0.717, 1.165) is 10.7 Å². The first-order valence-corrected chi connectivity index (χ1v) is 6.06. The molecular formula is C13H10N2OS. The largest absolute Gasteiger partial charge is 0.294 e. The summed E-state index contributed by atoms with van der Waals surface area (Å²) < 4.78 is 0. The van der Waals surface area contributed by atoms with Gasteiger partial charge in [-0.25, -0.2) is 4.98 Å². The third-order valence-electron chi connectivity index (χ3n) is 2.27. The summed E-state index contributed by atoms with van der Waals surface area (Å²) in [5, 5.41) is 11.1. The molecular weight excluding hydrogens is 232 g/mol. The quantitative estimate of drug-likeness (QED) is 0.774. The number of aromatic nitrogens is 1. The van der Waals surface area contributed by atoms with Gasteiger partial charge in [-0.2, -0.15) is 5.26 Å². The van der Waals surface area contributed by atoms with E-state index in [0.29, 0.717) is 18.4 Å². The standard InChI is InChI=1S/C13H10N2OS/c14-7-6-13-15-11(9-17-13)8-12(16)10-4-2-1-3-5-10/h1-5,9H,6,8H2. The minimum atomic E-state index is 0.0550. The Balaban J connectivity index is 2.06. The van der Waals surface area contributed by atoms with Crippen LogP contribution in [0.2, 0.25) is 0 Å². The molecule has 0 N–H and O–H groups in total. The molecule has 2 rings (SSSR count). The van der Waals surface area contributed by atoms with Gasteiger partial charge in [0.15, 0.2) is 5.78 Å². The molecule has 0 spiro atoms. The summed E-state index contributed by atoms with van der Waals surface area (Å²) in [5.41, 5.74) is 1.44. The van der Waals surface area contributed by atoms with E-state index in [1.807, 2.05) is 29.6 Å². The fourth-order valence-electron chi connectivity index (χ4n) is 1.47. The Morgan fingerprint density at radius 3 is 2.82 bits per heavy atom. The third-order valence-corrected chi connectivity index (χ3v) is 3.16. The first-order valence-electron chi connectivity index (χ1n) is 5.18. The number of benzene rings is 1. The summed E-state index contributed by atoms with van der Waals surface area (Å²) >= 11 is 1.43. The van der Waals surface area contributed by atoms with E-state index in [1.54, 1.807) is 12.1 Å². The zero-order chi connectivity index (χ0) is 12.1. The molecule has 0 saturated heterocycles. The van der Waals surface area contributed by atoms with Gasteiger partial charge in [-0.15, -0.1) is 11.3 Å². The molecule has 3 nitrogen and oxygen atoms in total. The van der Waals surface area contributed by atoms with Crippen LogP contribution in [0.3, 0.4) is 0 Å². The van der Waals surface area contributed by atoms with Crippen molar-refractivity contribution in [2.75, 3.05) is 0 Å². The maximum Gasteiger partial charge on any atom is 0.168 e. The molecule has 0 fully saturated rings. The van der Waals surface area contributed by atoms with Crippen molar-refractivity contribution < 1.29 is 4.79 Å². The lowest BCUT2D eigenvalue weighted by Crippen LogP contribution is -2.03. The van der Waals surface area contributed by atoms with Crippen LogP contribution in [-0.4, -0.2) is 10.8 Å². The molecule has 2 aromatic rings. The smallest absolute Gasteiger partial charge is 0.168 e. The van der Waals surface area contributed by atoms with E-state index < -0.39 is 0 Å². The highest BCUT2D eigenvalue weighted by Gasteiger charge is 2.09. The number of hydrogen-bond acceptors (Lipinski definition) is 4. The van der Waals surface area contributed by atoms with Crippen molar-refractivity contribution in [3.63, 3.8) is 0 Å². The number of ketones is 1. The molecule has 0 bridgehead atoms. The predicted octanol–water partition coefficient (Wildman–Crippen LogP) is 2.63. The lowest BCUT2D eigenvalue weighted by Gasteiger charge is -1.97. The van der Waals surface area contributed by atoms with Crippen LogP contribution >= 0.6 is 11.3 Å². The predicted molar refractivity (Wildman–Crippen MR) is 65.9 cm³/mol. The molecule has 0 saturated carbocycles. The van der Waals surface area contributed by atoms with Gasteiger partial charge in [-0.3, -0.25) is 4.79 Å². The molecule has 0 aliphatic heterocycles. The van der Waals surface area contributed by atoms with E-state index in [-0.39, 0.29) is 5.78 Å². The van der Waals surface area contributed by atoms with Gasteiger partial charge in [0.25, 0.3) is 0 Å². The molecule has 0 aliphatic carbocycles. The topological polar surface area (TPSA) is 53.8 Å². The zero-order valence-corrected chi connectivity index (χ0v) is 9.91. The first kappa shape index (κ1) is 11.5. The molecule has 1 aromatic heterocycles. The van der Waals surface area contributed by atoms with Crippen LogP contribution in [0.5, 0.6) is 0 Å². The van der Waals surface area contributed by atoms with Gasteiger partial charge in [0.05, 0.1) is 24.6 Å². The summed E-state index contributed by atoms with van der Waals surface area (Å²) in [6.45, 7) is 0. The third kappa shape index (κ3) is 2.99. The number of thiazole rings is 1.